The number of aromatic nitrogens is 2. The Balaban J connectivity index is 1.31. The highest BCUT2D eigenvalue weighted by molar-refractivity contribution is 6.08. The predicted octanol–water partition coefficient (Wildman–Crippen LogP) is 3.29. The zero-order chi connectivity index (χ0) is 25.8. The monoisotopic (exact) mass is 501 g/mol. The van der Waals surface area contributed by atoms with Gasteiger partial charge in [0.05, 0.1) is 26.9 Å². The topological polar surface area (TPSA) is 97.7 Å². The van der Waals surface area contributed by atoms with Gasteiger partial charge < -0.3 is 20.1 Å². The van der Waals surface area contributed by atoms with Crippen molar-refractivity contribution in [2.75, 3.05) is 45.3 Å². The molecule has 1 aliphatic heterocycles. The molecule has 1 atom stereocenters. The maximum Gasteiger partial charge on any atom is 0.273 e. The lowest BCUT2D eigenvalue weighted by Gasteiger charge is -2.26. The zero-order valence-corrected chi connectivity index (χ0v) is 21.1. The van der Waals surface area contributed by atoms with Gasteiger partial charge in [-0.05, 0) is 35.9 Å². The number of ether oxygens (including phenoxy) is 2. The van der Waals surface area contributed by atoms with Gasteiger partial charge in [-0.25, -0.2) is 0 Å². The largest absolute Gasteiger partial charge is 0.494 e. The Kier molecular flexibility index (Phi) is 7.34. The highest BCUT2D eigenvalue weighted by Crippen LogP contribution is 2.28. The van der Waals surface area contributed by atoms with Crippen LogP contribution in [0.1, 0.15) is 17.4 Å². The summed E-state index contributed by atoms with van der Waals surface area (Å²) >= 11 is 0. The molecule has 9 heteroatoms. The van der Waals surface area contributed by atoms with Crippen molar-refractivity contribution in [3.05, 3.63) is 66.4 Å². The summed E-state index contributed by atoms with van der Waals surface area (Å²) in [6.07, 6.45) is 0. The Hall–Kier alpha value is -3.95. The van der Waals surface area contributed by atoms with Crippen molar-refractivity contribution in [3.8, 4) is 5.75 Å². The van der Waals surface area contributed by atoms with Crippen LogP contribution in [0.5, 0.6) is 5.75 Å². The third kappa shape index (κ3) is 5.42. The number of nitrogens with one attached hydrogen (secondary N) is 2. The quantitative estimate of drug-likeness (QED) is 0.385. The molecule has 1 aromatic heterocycles. The normalized spacial score (nSPS) is 15.0. The summed E-state index contributed by atoms with van der Waals surface area (Å²) < 4.78 is 12.8. The van der Waals surface area contributed by atoms with Gasteiger partial charge in [0, 0.05) is 30.7 Å². The second kappa shape index (κ2) is 11.0. The van der Waals surface area contributed by atoms with E-state index in [1.807, 2.05) is 65.3 Å². The molecule has 3 aromatic carbocycles. The van der Waals surface area contributed by atoms with Gasteiger partial charge in [0.2, 0.25) is 5.91 Å². The Labute approximate surface area is 215 Å². The molecular formula is C28H31N5O4. The average molecular weight is 502 g/mol. The number of hydrogen-bond donors (Lipinski definition) is 2. The van der Waals surface area contributed by atoms with E-state index in [0.29, 0.717) is 23.4 Å². The molecular weight excluding hydrogens is 470 g/mol. The van der Waals surface area contributed by atoms with E-state index in [4.69, 9.17) is 9.47 Å². The third-order valence-corrected chi connectivity index (χ3v) is 6.66. The maximum absolute atomic E-state index is 13.3. The smallest absolute Gasteiger partial charge is 0.273 e. The number of amides is 2. The highest BCUT2D eigenvalue weighted by Gasteiger charge is 2.24. The average Bonchev–Trinajstić information content (AvgIpc) is 3.31. The number of carbonyl (C=O) groups excluding carboxylic acids is 2. The van der Waals surface area contributed by atoms with Crippen LogP contribution in [0.2, 0.25) is 0 Å². The summed E-state index contributed by atoms with van der Waals surface area (Å²) in [6.45, 7) is 6.21. The summed E-state index contributed by atoms with van der Waals surface area (Å²) in [4.78, 5) is 28.5. The lowest BCUT2D eigenvalue weighted by molar-refractivity contribution is -0.117. The van der Waals surface area contributed by atoms with Crippen molar-refractivity contribution in [1.82, 2.24) is 20.0 Å². The van der Waals surface area contributed by atoms with Crippen LogP contribution in [-0.2, 0) is 16.1 Å². The fourth-order valence-corrected chi connectivity index (χ4v) is 4.61. The molecule has 9 nitrogen and oxygen atoms in total. The van der Waals surface area contributed by atoms with Crippen LogP contribution < -0.4 is 15.4 Å². The number of fused-ring (bicyclic) bond motifs is 2. The first kappa shape index (κ1) is 24.7. The standard InChI is InChI=1S/C28H31N5O4/c1-19(27(34)30-22-11-10-20-6-3-4-7-21(20)18-22)29-28(35)25-23-8-5-9-24(36-2)26(23)33(31-25)13-12-32-14-16-37-17-15-32/h3-11,18-19H,12-17H2,1-2H3,(H,29,35)(H,30,34). The van der Waals surface area contributed by atoms with E-state index in [1.165, 1.54) is 0 Å². The molecule has 4 aromatic rings. The summed E-state index contributed by atoms with van der Waals surface area (Å²) in [5.74, 6) is -0.0741. The van der Waals surface area contributed by atoms with Crippen molar-refractivity contribution in [3.63, 3.8) is 0 Å². The van der Waals surface area contributed by atoms with Crippen LogP contribution in [0, 0.1) is 0 Å². The van der Waals surface area contributed by atoms with Gasteiger partial charge >= 0.3 is 0 Å². The Bertz CT molecular complexity index is 1430. The molecule has 1 saturated heterocycles. The highest BCUT2D eigenvalue weighted by atomic mass is 16.5. The summed E-state index contributed by atoms with van der Waals surface area (Å²) in [5, 5.41) is 13.1. The minimum absolute atomic E-state index is 0.265. The lowest BCUT2D eigenvalue weighted by Crippen LogP contribution is -2.41. The first-order chi connectivity index (χ1) is 18.0. The van der Waals surface area contributed by atoms with Crippen molar-refractivity contribution in [2.24, 2.45) is 0 Å². The van der Waals surface area contributed by atoms with Gasteiger partial charge in [0.15, 0.2) is 5.69 Å². The summed E-state index contributed by atoms with van der Waals surface area (Å²) in [6, 6.07) is 18.4. The van der Waals surface area contributed by atoms with Crippen molar-refractivity contribution in [2.45, 2.75) is 19.5 Å². The fourth-order valence-electron chi connectivity index (χ4n) is 4.61. The predicted molar refractivity (Wildman–Crippen MR) is 143 cm³/mol. The molecule has 0 spiro atoms. The zero-order valence-electron chi connectivity index (χ0n) is 21.1. The van der Waals surface area contributed by atoms with Crippen LogP contribution in [-0.4, -0.2) is 72.5 Å². The number of anilines is 1. The van der Waals surface area contributed by atoms with Gasteiger partial charge in [-0.15, -0.1) is 0 Å². The van der Waals surface area contributed by atoms with E-state index in [0.717, 1.165) is 49.1 Å². The van der Waals surface area contributed by atoms with E-state index in [-0.39, 0.29) is 11.6 Å². The molecule has 2 N–H and O–H groups in total. The minimum Gasteiger partial charge on any atom is -0.494 e. The third-order valence-electron chi connectivity index (χ3n) is 6.66. The Morgan fingerprint density at radius 3 is 2.59 bits per heavy atom. The van der Waals surface area contributed by atoms with Crippen molar-refractivity contribution in [1.29, 1.82) is 0 Å². The minimum atomic E-state index is -0.766. The fraction of sp³-hybridized carbons (Fsp3) is 0.321. The molecule has 1 fully saturated rings. The van der Waals surface area contributed by atoms with Gasteiger partial charge in [-0.1, -0.05) is 42.5 Å². The second-order valence-electron chi connectivity index (χ2n) is 9.13. The first-order valence-corrected chi connectivity index (χ1v) is 12.5. The molecule has 1 aliphatic rings. The molecule has 5 rings (SSSR count). The van der Waals surface area contributed by atoms with Gasteiger partial charge in [0.25, 0.3) is 5.91 Å². The van der Waals surface area contributed by atoms with E-state index >= 15 is 0 Å². The molecule has 0 radical (unpaired) electrons. The Morgan fingerprint density at radius 1 is 1.03 bits per heavy atom. The second-order valence-corrected chi connectivity index (χ2v) is 9.13. The number of benzene rings is 3. The molecule has 192 valence electrons. The Morgan fingerprint density at radius 2 is 1.81 bits per heavy atom. The lowest BCUT2D eigenvalue weighted by atomic mass is 10.1. The SMILES string of the molecule is COc1cccc2c(C(=O)NC(C)C(=O)Nc3ccc4ccccc4c3)nn(CCN3CCOCC3)c12. The number of carbonyl (C=O) groups is 2. The number of rotatable bonds is 8. The summed E-state index contributed by atoms with van der Waals surface area (Å²) in [7, 11) is 1.60. The van der Waals surface area contributed by atoms with Crippen LogP contribution in [0.25, 0.3) is 21.7 Å². The van der Waals surface area contributed by atoms with Crippen molar-refractivity contribution >= 4 is 39.2 Å². The molecule has 0 aliphatic carbocycles. The van der Waals surface area contributed by atoms with Crippen LogP contribution in [0.3, 0.4) is 0 Å². The van der Waals surface area contributed by atoms with Crippen LogP contribution in [0.4, 0.5) is 5.69 Å². The number of hydrogen-bond acceptors (Lipinski definition) is 6. The molecule has 1 unspecified atom stereocenters. The maximum atomic E-state index is 13.3. The number of methoxy groups -OCH3 is 1. The van der Waals surface area contributed by atoms with E-state index < -0.39 is 11.9 Å². The van der Waals surface area contributed by atoms with E-state index in [1.54, 1.807) is 14.0 Å². The number of nitrogens with zero attached hydrogens (tertiary/aromatic N) is 3. The molecule has 0 bridgehead atoms. The van der Waals surface area contributed by atoms with Crippen molar-refractivity contribution < 1.29 is 19.1 Å². The van der Waals surface area contributed by atoms with Gasteiger partial charge in [0.1, 0.15) is 17.3 Å². The van der Waals surface area contributed by atoms with E-state index in [2.05, 4.69) is 20.6 Å². The summed E-state index contributed by atoms with van der Waals surface area (Å²) in [5.41, 5.74) is 1.70. The molecule has 2 amide bonds. The molecule has 0 saturated carbocycles. The van der Waals surface area contributed by atoms with E-state index in [9.17, 15) is 9.59 Å². The van der Waals surface area contributed by atoms with Gasteiger partial charge in [-0.2, -0.15) is 5.10 Å². The van der Waals surface area contributed by atoms with Gasteiger partial charge in [-0.3, -0.25) is 19.2 Å². The molecule has 2 heterocycles. The number of para-hydroxylation sites is 1. The van der Waals surface area contributed by atoms with Crippen LogP contribution >= 0.6 is 0 Å². The number of morpholine rings is 1. The van der Waals surface area contributed by atoms with Crippen LogP contribution in [0.15, 0.2) is 60.7 Å². The molecule has 37 heavy (non-hydrogen) atoms. The first-order valence-electron chi connectivity index (χ1n) is 12.5.